The zero-order valence-corrected chi connectivity index (χ0v) is 12.0. The van der Waals surface area contributed by atoms with E-state index >= 15 is 0 Å². The van der Waals surface area contributed by atoms with Crippen LogP contribution < -0.4 is 0 Å². The largest absolute Gasteiger partial charge is 0.394 e. The van der Waals surface area contributed by atoms with Crippen molar-refractivity contribution in [3.05, 3.63) is 35.9 Å². The lowest BCUT2D eigenvalue weighted by molar-refractivity contribution is -0.151. The van der Waals surface area contributed by atoms with E-state index in [4.69, 9.17) is 0 Å². The van der Waals surface area contributed by atoms with Crippen molar-refractivity contribution < 1.29 is 9.90 Å². The Bertz CT molecular complexity index is 546. The predicted octanol–water partition coefficient (Wildman–Crippen LogP) is 2.06. The third-order valence-corrected chi connectivity index (χ3v) is 4.87. The molecule has 3 rings (SSSR count). The van der Waals surface area contributed by atoms with Gasteiger partial charge in [0.15, 0.2) is 0 Å². The first-order valence-corrected chi connectivity index (χ1v) is 7.65. The first-order valence-electron chi connectivity index (χ1n) is 7.65. The van der Waals surface area contributed by atoms with Crippen LogP contribution in [0.3, 0.4) is 0 Å². The number of nitrogens with zero attached hydrogens (tertiary/aromatic N) is 2. The molecule has 1 amide bonds. The van der Waals surface area contributed by atoms with Crippen LogP contribution >= 0.6 is 0 Å². The van der Waals surface area contributed by atoms with Gasteiger partial charge in [0.05, 0.1) is 18.7 Å². The highest BCUT2D eigenvalue weighted by molar-refractivity contribution is 5.81. The molecule has 2 fully saturated rings. The number of rotatable bonds is 3. The molecule has 21 heavy (non-hydrogen) atoms. The maximum Gasteiger partial charge on any atom is 0.227 e. The third kappa shape index (κ3) is 2.32. The standard InChI is InChI=1S/C17H20N2O2/c18-10-14-16(12-6-2-1-3-7-12)15(11-20)19(14)17(21)13-8-4-5-9-13/h1-3,6-7,13-16,20H,4-5,8-9,11H2/t14-,15-,16-/m0/s1. The Hall–Kier alpha value is -1.86. The fourth-order valence-electron chi connectivity index (χ4n) is 3.77. The van der Waals surface area contributed by atoms with E-state index in [9.17, 15) is 15.2 Å². The van der Waals surface area contributed by atoms with Crippen molar-refractivity contribution in [1.82, 2.24) is 4.90 Å². The number of nitriles is 1. The summed E-state index contributed by atoms with van der Waals surface area (Å²) in [6.07, 6.45) is 4.02. The Morgan fingerprint density at radius 1 is 1.29 bits per heavy atom. The lowest BCUT2D eigenvalue weighted by Crippen LogP contribution is -2.66. The molecule has 2 aliphatic rings. The Balaban J connectivity index is 1.83. The van der Waals surface area contributed by atoms with E-state index in [1.165, 1.54) is 0 Å². The molecule has 1 aliphatic heterocycles. The first kappa shape index (κ1) is 14.1. The van der Waals surface area contributed by atoms with E-state index in [-0.39, 0.29) is 30.4 Å². The summed E-state index contributed by atoms with van der Waals surface area (Å²) >= 11 is 0. The van der Waals surface area contributed by atoms with Crippen molar-refractivity contribution in [1.29, 1.82) is 5.26 Å². The number of carbonyl (C=O) groups is 1. The van der Waals surface area contributed by atoms with Crippen molar-refractivity contribution in [2.75, 3.05) is 6.61 Å². The van der Waals surface area contributed by atoms with Crippen molar-refractivity contribution >= 4 is 5.91 Å². The molecule has 0 aromatic heterocycles. The summed E-state index contributed by atoms with van der Waals surface area (Å²) in [6.45, 7) is -0.0871. The van der Waals surface area contributed by atoms with Gasteiger partial charge in [-0.25, -0.2) is 0 Å². The molecule has 0 spiro atoms. The van der Waals surface area contributed by atoms with E-state index in [1.807, 2.05) is 30.3 Å². The molecule has 1 N–H and O–H groups in total. The zero-order chi connectivity index (χ0) is 14.8. The topological polar surface area (TPSA) is 64.3 Å². The SMILES string of the molecule is N#C[C@H]1[C@H](c2ccccc2)[C@H](CO)N1C(=O)C1CCCC1. The second-order valence-electron chi connectivity index (χ2n) is 5.99. The summed E-state index contributed by atoms with van der Waals surface area (Å²) in [5.74, 6) is 0.0310. The number of benzene rings is 1. The van der Waals surface area contributed by atoms with Gasteiger partial charge < -0.3 is 10.0 Å². The van der Waals surface area contributed by atoms with E-state index in [1.54, 1.807) is 4.90 Å². The first-order chi connectivity index (χ1) is 10.3. The molecule has 1 saturated heterocycles. The number of hydrogen-bond acceptors (Lipinski definition) is 3. The Morgan fingerprint density at radius 2 is 1.95 bits per heavy atom. The van der Waals surface area contributed by atoms with E-state index < -0.39 is 6.04 Å². The number of likely N-dealkylation sites (tertiary alicyclic amines) is 1. The lowest BCUT2D eigenvalue weighted by atomic mass is 9.75. The van der Waals surface area contributed by atoms with Crippen LogP contribution in [-0.4, -0.2) is 34.6 Å². The van der Waals surface area contributed by atoms with E-state index in [0.717, 1.165) is 31.2 Å². The monoisotopic (exact) mass is 284 g/mol. The van der Waals surface area contributed by atoms with Crippen LogP contribution in [0.5, 0.6) is 0 Å². The summed E-state index contributed by atoms with van der Waals surface area (Å²) in [6, 6.07) is 11.3. The molecule has 1 aliphatic carbocycles. The molecule has 0 unspecified atom stereocenters. The Morgan fingerprint density at radius 3 is 2.52 bits per heavy atom. The predicted molar refractivity (Wildman–Crippen MR) is 78.3 cm³/mol. The summed E-state index contributed by atoms with van der Waals surface area (Å²) in [7, 11) is 0. The summed E-state index contributed by atoms with van der Waals surface area (Å²) in [5.41, 5.74) is 1.03. The van der Waals surface area contributed by atoms with Crippen LogP contribution in [0.15, 0.2) is 30.3 Å². The maximum atomic E-state index is 12.6. The molecule has 4 nitrogen and oxygen atoms in total. The van der Waals surface area contributed by atoms with E-state index in [0.29, 0.717) is 0 Å². The number of amides is 1. The van der Waals surface area contributed by atoms with Crippen LogP contribution in [-0.2, 0) is 4.79 Å². The molecule has 1 saturated carbocycles. The number of hydrogen-bond donors (Lipinski definition) is 1. The zero-order valence-electron chi connectivity index (χ0n) is 12.0. The highest BCUT2D eigenvalue weighted by Gasteiger charge is 2.52. The second-order valence-corrected chi connectivity index (χ2v) is 5.99. The van der Waals surface area contributed by atoms with E-state index in [2.05, 4.69) is 6.07 Å². The smallest absolute Gasteiger partial charge is 0.227 e. The van der Waals surface area contributed by atoms with Gasteiger partial charge in [-0.15, -0.1) is 0 Å². The number of aliphatic hydroxyl groups excluding tert-OH is 1. The van der Waals surface area contributed by atoms with Crippen LogP contribution in [0, 0.1) is 17.2 Å². The summed E-state index contributed by atoms with van der Waals surface area (Å²) in [5, 5.41) is 19.2. The minimum atomic E-state index is -0.447. The van der Waals surface area contributed by atoms with Gasteiger partial charge in [-0.1, -0.05) is 43.2 Å². The van der Waals surface area contributed by atoms with Crippen molar-refractivity contribution in [3.63, 3.8) is 0 Å². The molecular weight excluding hydrogens is 264 g/mol. The minimum absolute atomic E-state index is 0.0478. The van der Waals surface area contributed by atoms with Crippen LogP contribution in [0.4, 0.5) is 0 Å². The molecule has 1 heterocycles. The number of aliphatic hydroxyl groups is 1. The molecule has 0 radical (unpaired) electrons. The molecule has 1 aromatic rings. The van der Waals surface area contributed by atoms with Gasteiger partial charge in [-0.2, -0.15) is 5.26 Å². The highest BCUT2D eigenvalue weighted by atomic mass is 16.3. The fourth-order valence-corrected chi connectivity index (χ4v) is 3.77. The van der Waals surface area contributed by atoms with Gasteiger partial charge in [0.2, 0.25) is 5.91 Å². The van der Waals surface area contributed by atoms with Crippen LogP contribution in [0.2, 0.25) is 0 Å². The third-order valence-electron chi connectivity index (χ3n) is 4.87. The van der Waals surface area contributed by atoms with Crippen LogP contribution in [0.25, 0.3) is 0 Å². The van der Waals surface area contributed by atoms with Crippen LogP contribution in [0.1, 0.15) is 37.2 Å². The average molecular weight is 284 g/mol. The highest BCUT2D eigenvalue weighted by Crippen LogP contribution is 2.42. The second kappa shape index (κ2) is 5.87. The van der Waals surface area contributed by atoms with Crippen molar-refractivity contribution in [2.24, 2.45) is 5.92 Å². The Kier molecular flexibility index (Phi) is 3.94. The normalized spacial score (nSPS) is 29.0. The Labute approximate surface area is 125 Å². The van der Waals surface area contributed by atoms with Gasteiger partial charge in [0.25, 0.3) is 0 Å². The molecule has 1 aromatic carbocycles. The van der Waals surface area contributed by atoms with Gasteiger partial charge in [-0.3, -0.25) is 4.79 Å². The number of carbonyl (C=O) groups excluding carboxylic acids is 1. The van der Waals surface area contributed by atoms with Crippen molar-refractivity contribution in [3.8, 4) is 6.07 Å². The molecule has 4 heteroatoms. The fraction of sp³-hybridized carbons (Fsp3) is 0.529. The molecule has 3 atom stereocenters. The average Bonchev–Trinajstić information content (AvgIpc) is 3.02. The molecular formula is C17H20N2O2. The van der Waals surface area contributed by atoms with Gasteiger partial charge >= 0.3 is 0 Å². The summed E-state index contributed by atoms with van der Waals surface area (Å²) in [4.78, 5) is 14.2. The molecule has 110 valence electrons. The minimum Gasteiger partial charge on any atom is -0.394 e. The van der Waals surface area contributed by atoms with Crippen molar-refractivity contribution in [2.45, 2.75) is 43.7 Å². The summed E-state index contributed by atoms with van der Waals surface area (Å²) < 4.78 is 0. The van der Waals surface area contributed by atoms with Gasteiger partial charge in [0, 0.05) is 11.8 Å². The van der Waals surface area contributed by atoms with Gasteiger partial charge in [-0.05, 0) is 18.4 Å². The quantitative estimate of drug-likeness (QED) is 0.924. The maximum absolute atomic E-state index is 12.6. The molecule has 0 bridgehead atoms. The van der Waals surface area contributed by atoms with Gasteiger partial charge in [0.1, 0.15) is 6.04 Å². The lowest BCUT2D eigenvalue weighted by Gasteiger charge is -2.52.